The van der Waals surface area contributed by atoms with E-state index in [1.165, 1.54) is 24.4 Å². The summed E-state index contributed by atoms with van der Waals surface area (Å²) in [6, 6.07) is 5.08. The molecule has 35 heavy (non-hydrogen) atoms. The Bertz CT molecular complexity index is 1370. The van der Waals surface area contributed by atoms with Crippen molar-refractivity contribution in [3.63, 3.8) is 0 Å². The number of carbonyl (C=O) groups excluding carboxylic acids is 2. The first kappa shape index (κ1) is 23.6. The Labute approximate surface area is 201 Å². The number of carbonyl (C=O) groups is 2. The van der Waals surface area contributed by atoms with Crippen LogP contribution in [0.1, 0.15) is 23.1 Å². The summed E-state index contributed by atoms with van der Waals surface area (Å²) in [4.78, 5) is 39.2. The number of hydrogen-bond acceptors (Lipinski definition) is 8. The van der Waals surface area contributed by atoms with E-state index in [-0.39, 0.29) is 18.2 Å². The molecule has 0 fully saturated rings. The summed E-state index contributed by atoms with van der Waals surface area (Å²) < 4.78 is 13.1. The van der Waals surface area contributed by atoms with Crippen LogP contribution in [-0.4, -0.2) is 62.7 Å². The molecule has 0 bridgehead atoms. The first-order valence-electron chi connectivity index (χ1n) is 10.9. The minimum atomic E-state index is -0.249. The maximum absolute atomic E-state index is 12.6. The first-order valence-corrected chi connectivity index (χ1v) is 10.9. The average molecular weight is 476 g/mol. The van der Waals surface area contributed by atoms with Crippen molar-refractivity contribution in [2.75, 3.05) is 26.5 Å². The maximum atomic E-state index is 12.6. The van der Waals surface area contributed by atoms with E-state index in [2.05, 4.69) is 25.4 Å². The zero-order chi connectivity index (χ0) is 24.9. The second-order valence-electron chi connectivity index (χ2n) is 7.83. The number of fused-ring (bicyclic) bond motifs is 1. The number of pyridine rings is 1. The largest absolute Gasteiger partial charge is 0.496 e. The molecule has 4 rings (SSSR count). The molecule has 11 heteroatoms. The molecule has 2 amide bonds. The summed E-state index contributed by atoms with van der Waals surface area (Å²) in [6.07, 6.45) is 7.93. The van der Waals surface area contributed by atoms with Crippen molar-refractivity contribution >= 4 is 28.4 Å². The number of hydrogen-bond donors (Lipinski definition) is 1. The van der Waals surface area contributed by atoms with E-state index < -0.39 is 0 Å². The van der Waals surface area contributed by atoms with Gasteiger partial charge >= 0.3 is 0 Å². The number of nitrogens with one attached hydrogen (secondary N) is 1. The van der Waals surface area contributed by atoms with Crippen LogP contribution in [0.2, 0.25) is 0 Å². The molecule has 4 aromatic rings. The Morgan fingerprint density at radius 2 is 1.86 bits per heavy atom. The van der Waals surface area contributed by atoms with Gasteiger partial charge in [-0.05, 0) is 19.1 Å². The van der Waals surface area contributed by atoms with Crippen LogP contribution in [0.15, 0.2) is 49.2 Å². The van der Waals surface area contributed by atoms with Gasteiger partial charge in [0.15, 0.2) is 5.75 Å². The summed E-state index contributed by atoms with van der Waals surface area (Å²) >= 11 is 0. The van der Waals surface area contributed by atoms with E-state index in [0.717, 1.165) is 0 Å². The van der Waals surface area contributed by atoms with Crippen molar-refractivity contribution in [2.45, 2.75) is 19.9 Å². The Balaban J connectivity index is 1.51. The molecule has 0 unspecified atom stereocenters. The van der Waals surface area contributed by atoms with Crippen molar-refractivity contribution in [3.8, 4) is 17.2 Å². The van der Waals surface area contributed by atoms with Gasteiger partial charge in [0.05, 0.1) is 48.9 Å². The van der Waals surface area contributed by atoms with E-state index in [1.54, 1.807) is 55.6 Å². The zero-order valence-electron chi connectivity index (χ0n) is 19.8. The monoisotopic (exact) mass is 475 g/mol. The number of amides is 2. The van der Waals surface area contributed by atoms with Crippen LogP contribution in [0.5, 0.6) is 17.2 Å². The molecule has 0 saturated heterocycles. The van der Waals surface area contributed by atoms with Gasteiger partial charge in [0.1, 0.15) is 17.3 Å². The minimum absolute atomic E-state index is 0.00553. The van der Waals surface area contributed by atoms with E-state index in [0.29, 0.717) is 51.8 Å². The third-order valence-corrected chi connectivity index (χ3v) is 5.13. The predicted octanol–water partition coefficient (Wildman–Crippen LogP) is 2.93. The molecule has 0 spiro atoms. The second-order valence-corrected chi connectivity index (χ2v) is 7.83. The molecule has 0 aliphatic carbocycles. The number of nitrogens with zero attached hydrogens (tertiary/aromatic N) is 6. The fraction of sp³-hybridized carbons (Fsp3) is 0.250. The molecule has 3 heterocycles. The number of benzene rings is 1. The lowest BCUT2D eigenvalue weighted by Gasteiger charge is -2.15. The summed E-state index contributed by atoms with van der Waals surface area (Å²) in [5.41, 5.74) is 1.62. The lowest BCUT2D eigenvalue weighted by Crippen LogP contribution is -2.22. The highest BCUT2D eigenvalue weighted by Gasteiger charge is 2.18. The van der Waals surface area contributed by atoms with Gasteiger partial charge in [0.25, 0.3) is 5.91 Å². The summed E-state index contributed by atoms with van der Waals surface area (Å²) in [6.45, 7) is 2.68. The van der Waals surface area contributed by atoms with E-state index in [9.17, 15) is 9.59 Å². The first-order chi connectivity index (χ1) is 16.9. The summed E-state index contributed by atoms with van der Waals surface area (Å²) in [5, 5.41) is 7.53. The molecule has 1 aromatic carbocycles. The van der Waals surface area contributed by atoms with Gasteiger partial charge in [-0.1, -0.05) is 0 Å². The molecule has 3 aromatic heterocycles. The molecule has 0 aliphatic heterocycles. The van der Waals surface area contributed by atoms with Crippen LogP contribution in [0, 0.1) is 0 Å². The second kappa shape index (κ2) is 10.2. The average Bonchev–Trinajstić information content (AvgIpc) is 3.31. The fourth-order valence-electron chi connectivity index (χ4n) is 3.38. The fourth-order valence-corrected chi connectivity index (χ4v) is 3.38. The minimum Gasteiger partial charge on any atom is -0.496 e. The molecular weight excluding hydrogens is 450 g/mol. The van der Waals surface area contributed by atoms with E-state index >= 15 is 0 Å². The maximum Gasteiger partial charge on any atom is 0.257 e. The summed E-state index contributed by atoms with van der Waals surface area (Å²) in [7, 11) is 4.85. The highest BCUT2D eigenvalue weighted by molar-refractivity contribution is 6.02. The molecule has 1 N–H and O–H groups in total. The van der Waals surface area contributed by atoms with Crippen molar-refractivity contribution in [1.29, 1.82) is 0 Å². The van der Waals surface area contributed by atoms with Gasteiger partial charge in [-0.3, -0.25) is 19.3 Å². The number of aryl methyl sites for hydroxylation is 1. The molecule has 180 valence electrons. The number of aromatic nitrogens is 5. The van der Waals surface area contributed by atoms with Crippen molar-refractivity contribution in [3.05, 3.63) is 60.6 Å². The van der Waals surface area contributed by atoms with Gasteiger partial charge in [-0.25, -0.2) is 9.97 Å². The van der Waals surface area contributed by atoms with Gasteiger partial charge in [-0.2, -0.15) is 5.10 Å². The van der Waals surface area contributed by atoms with Gasteiger partial charge in [0.2, 0.25) is 5.91 Å². The summed E-state index contributed by atoms with van der Waals surface area (Å²) in [5.74, 6) is 1.18. The number of anilines is 1. The Hall–Kier alpha value is -4.54. The van der Waals surface area contributed by atoms with Crippen LogP contribution in [0.4, 0.5) is 5.69 Å². The van der Waals surface area contributed by atoms with Gasteiger partial charge < -0.3 is 19.7 Å². The highest BCUT2D eigenvalue weighted by Crippen LogP contribution is 2.33. The van der Waals surface area contributed by atoms with Crippen molar-refractivity contribution in [1.82, 2.24) is 29.6 Å². The van der Waals surface area contributed by atoms with Gasteiger partial charge in [0, 0.05) is 44.5 Å². The van der Waals surface area contributed by atoms with Gasteiger partial charge in [-0.15, -0.1) is 0 Å². The van der Waals surface area contributed by atoms with Crippen molar-refractivity contribution < 1.29 is 19.1 Å². The standard InChI is InChI=1S/C24H25N7O4/c1-5-31-14-15(11-28-31)29-23(32)10-22-26-12-16(13-27-22)35-20-6-7-25-19-9-21(34-4)18(8-17(19)20)24(33)30(2)3/h6-9,11-14H,5,10H2,1-4H3,(H,29,32). The molecule has 11 nitrogen and oxygen atoms in total. The number of rotatable bonds is 8. The molecular formula is C24H25N7O4. The quantitative estimate of drug-likeness (QED) is 0.412. The third-order valence-electron chi connectivity index (χ3n) is 5.13. The Morgan fingerprint density at radius 3 is 2.51 bits per heavy atom. The predicted molar refractivity (Wildman–Crippen MR) is 129 cm³/mol. The van der Waals surface area contributed by atoms with Crippen LogP contribution in [0.25, 0.3) is 10.9 Å². The molecule has 0 aliphatic rings. The number of methoxy groups -OCH3 is 1. The number of ether oxygens (including phenoxy) is 2. The van der Waals surface area contributed by atoms with Crippen LogP contribution in [-0.2, 0) is 17.8 Å². The van der Waals surface area contributed by atoms with Crippen LogP contribution < -0.4 is 14.8 Å². The third kappa shape index (κ3) is 5.35. The van der Waals surface area contributed by atoms with Crippen LogP contribution >= 0.6 is 0 Å². The molecule has 0 saturated carbocycles. The topological polar surface area (TPSA) is 124 Å². The van der Waals surface area contributed by atoms with Crippen molar-refractivity contribution in [2.24, 2.45) is 0 Å². The lowest BCUT2D eigenvalue weighted by atomic mass is 10.1. The normalized spacial score (nSPS) is 10.7. The smallest absolute Gasteiger partial charge is 0.257 e. The lowest BCUT2D eigenvalue weighted by molar-refractivity contribution is -0.115. The Kier molecular flexibility index (Phi) is 6.86. The highest BCUT2D eigenvalue weighted by atomic mass is 16.5. The Morgan fingerprint density at radius 1 is 1.09 bits per heavy atom. The SMILES string of the molecule is CCn1cc(NC(=O)Cc2ncc(Oc3ccnc4cc(OC)c(C(=O)N(C)C)cc34)cn2)cn1. The van der Waals surface area contributed by atoms with E-state index in [4.69, 9.17) is 9.47 Å². The zero-order valence-corrected chi connectivity index (χ0v) is 19.8. The van der Waals surface area contributed by atoms with E-state index in [1.807, 2.05) is 6.92 Å². The van der Waals surface area contributed by atoms with Crippen LogP contribution in [0.3, 0.4) is 0 Å². The molecule has 0 atom stereocenters. The molecule has 0 radical (unpaired) electrons.